The van der Waals surface area contributed by atoms with Crippen LogP contribution in [-0.2, 0) is 4.74 Å². The minimum absolute atomic E-state index is 0.0935. The molecule has 0 aliphatic heterocycles. The second-order valence-corrected chi connectivity index (χ2v) is 5.12. The Bertz CT molecular complexity index is 493. The highest BCUT2D eigenvalue weighted by molar-refractivity contribution is 5.69. The number of nitrogens with one attached hydrogen (secondary N) is 1. The van der Waals surface area contributed by atoms with E-state index in [2.05, 4.69) is 15.3 Å². The van der Waals surface area contributed by atoms with Gasteiger partial charge in [-0.05, 0) is 25.7 Å². The van der Waals surface area contributed by atoms with Crippen LogP contribution in [0.3, 0.4) is 0 Å². The van der Waals surface area contributed by atoms with E-state index in [0.29, 0.717) is 31.4 Å². The molecule has 1 fully saturated rings. The Morgan fingerprint density at radius 2 is 2.29 bits per heavy atom. The van der Waals surface area contributed by atoms with E-state index in [0.717, 1.165) is 6.61 Å². The summed E-state index contributed by atoms with van der Waals surface area (Å²) in [4.78, 5) is 20.5. The second kappa shape index (κ2) is 7.16. The summed E-state index contributed by atoms with van der Waals surface area (Å²) >= 11 is 0. The summed E-state index contributed by atoms with van der Waals surface area (Å²) in [6.07, 6.45) is 3.83. The van der Waals surface area contributed by atoms with Crippen LogP contribution in [0.5, 0.6) is 0 Å². The van der Waals surface area contributed by atoms with E-state index in [9.17, 15) is 10.1 Å². The summed E-state index contributed by atoms with van der Waals surface area (Å²) in [7, 11) is 1.77. The summed E-state index contributed by atoms with van der Waals surface area (Å²) in [6.45, 7) is 4.29. The Hall–Kier alpha value is -1.96. The molecule has 1 aliphatic rings. The van der Waals surface area contributed by atoms with Crippen molar-refractivity contribution in [2.24, 2.45) is 5.92 Å². The zero-order chi connectivity index (χ0) is 15.2. The molecule has 0 spiro atoms. The lowest BCUT2D eigenvalue weighted by molar-refractivity contribution is -0.383. The molecule has 0 amide bonds. The van der Waals surface area contributed by atoms with Gasteiger partial charge in [-0.3, -0.25) is 10.1 Å². The number of ether oxygens (including phenoxy) is 1. The molecule has 0 radical (unpaired) electrons. The average Bonchev–Trinajstić information content (AvgIpc) is 3.27. The van der Waals surface area contributed by atoms with Gasteiger partial charge in [-0.2, -0.15) is 0 Å². The number of hydrogen-bond donors (Lipinski definition) is 1. The van der Waals surface area contributed by atoms with Gasteiger partial charge in [0.05, 0.1) is 11.5 Å². The molecule has 2 rings (SSSR count). The number of aromatic nitrogens is 2. The first-order valence-electron chi connectivity index (χ1n) is 7.15. The van der Waals surface area contributed by atoms with Crippen LogP contribution in [0, 0.1) is 16.0 Å². The number of nitro groups is 1. The zero-order valence-corrected chi connectivity index (χ0v) is 12.4. The van der Waals surface area contributed by atoms with Gasteiger partial charge in [0.1, 0.15) is 6.33 Å². The lowest BCUT2D eigenvalue weighted by atomic mass is 10.4. The molecule has 0 unspecified atom stereocenters. The fraction of sp³-hybridized carbons (Fsp3) is 0.692. The Balaban J connectivity index is 2.01. The number of likely N-dealkylation sites (N-methyl/N-ethyl adjacent to an activating group) is 1. The van der Waals surface area contributed by atoms with Crippen molar-refractivity contribution in [3.63, 3.8) is 0 Å². The van der Waals surface area contributed by atoms with Gasteiger partial charge in [0.15, 0.2) is 0 Å². The molecule has 116 valence electrons. The lowest BCUT2D eigenvalue weighted by Crippen LogP contribution is -2.25. The topological polar surface area (TPSA) is 93.4 Å². The number of hydrogen-bond acceptors (Lipinski definition) is 7. The first-order chi connectivity index (χ1) is 10.1. The molecule has 8 heteroatoms. The van der Waals surface area contributed by atoms with Crippen molar-refractivity contribution in [2.75, 3.05) is 43.6 Å². The Kier molecular flexibility index (Phi) is 5.26. The first-order valence-corrected chi connectivity index (χ1v) is 7.15. The SMILES string of the molecule is CCNc1ncnc(N(C)CCOCC2CC2)c1[N+](=O)[O-]. The van der Waals surface area contributed by atoms with Gasteiger partial charge < -0.3 is 15.0 Å². The highest BCUT2D eigenvalue weighted by Crippen LogP contribution is 2.31. The average molecular weight is 295 g/mol. The second-order valence-electron chi connectivity index (χ2n) is 5.12. The quantitative estimate of drug-likeness (QED) is 0.421. The van der Waals surface area contributed by atoms with Crippen LogP contribution in [-0.4, -0.2) is 48.2 Å². The van der Waals surface area contributed by atoms with E-state index < -0.39 is 4.92 Å². The highest BCUT2D eigenvalue weighted by Gasteiger charge is 2.25. The third-order valence-electron chi connectivity index (χ3n) is 3.31. The molecule has 1 saturated carbocycles. The summed E-state index contributed by atoms with van der Waals surface area (Å²) in [5.74, 6) is 1.27. The number of anilines is 2. The molecular formula is C13H21N5O3. The van der Waals surface area contributed by atoms with Crippen LogP contribution >= 0.6 is 0 Å². The fourth-order valence-electron chi connectivity index (χ4n) is 1.96. The van der Waals surface area contributed by atoms with Gasteiger partial charge in [-0.15, -0.1) is 0 Å². The van der Waals surface area contributed by atoms with Crippen molar-refractivity contribution in [2.45, 2.75) is 19.8 Å². The molecule has 1 N–H and O–H groups in total. The summed E-state index contributed by atoms with van der Waals surface area (Å²) < 4.78 is 5.56. The van der Waals surface area contributed by atoms with Crippen LogP contribution in [0.1, 0.15) is 19.8 Å². The van der Waals surface area contributed by atoms with Crippen LogP contribution < -0.4 is 10.2 Å². The summed E-state index contributed by atoms with van der Waals surface area (Å²) in [5, 5.41) is 14.2. The lowest BCUT2D eigenvalue weighted by Gasteiger charge is -2.18. The maximum atomic E-state index is 11.3. The van der Waals surface area contributed by atoms with Gasteiger partial charge in [0.25, 0.3) is 0 Å². The van der Waals surface area contributed by atoms with Crippen molar-refractivity contribution in [3.05, 3.63) is 16.4 Å². The fourth-order valence-corrected chi connectivity index (χ4v) is 1.96. The minimum Gasteiger partial charge on any atom is -0.379 e. The van der Waals surface area contributed by atoms with E-state index in [-0.39, 0.29) is 11.5 Å². The summed E-state index contributed by atoms with van der Waals surface area (Å²) in [5.41, 5.74) is -0.0935. The van der Waals surface area contributed by atoms with Crippen LogP contribution in [0.2, 0.25) is 0 Å². The minimum atomic E-state index is -0.450. The molecule has 1 heterocycles. The van der Waals surface area contributed by atoms with Gasteiger partial charge in [-0.1, -0.05) is 0 Å². The van der Waals surface area contributed by atoms with Crippen molar-refractivity contribution < 1.29 is 9.66 Å². The van der Waals surface area contributed by atoms with Crippen molar-refractivity contribution in [3.8, 4) is 0 Å². The van der Waals surface area contributed by atoms with Gasteiger partial charge in [-0.25, -0.2) is 9.97 Å². The Morgan fingerprint density at radius 3 is 2.90 bits per heavy atom. The third kappa shape index (κ3) is 4.25. The normalized spacial score (nSPS) is 14.0. The standard InChI is InChI=1S/C13H21N5O3/c1-3-14-12-11(18(19)20)13(16-9-15-12)17(2)6-7-21-8-10-4-5-10/h9-10H,3-8H2,1-2H3,(H,14,15,16). The molecule has 1 aromatic rings. The van der Waals surface area contributed by atoms with Crippen molar-refractivity contribution in [1.82, 2.24) is 9.97 Å². The Morgan fingerprint density at radius 1 is 1.52 bits per heavy atom. The molecule has 1 aliphatic carbocycles. The largest absolute Gasteiger partial charge is 0.379 e. The first kappa shape index (κ1) is 15.4. The van der Waals surface area contributed by atoms with Gasteiger partial charge >= 0.3 is 5.69 Å². The Labute approximate surface area is 123 Å². The zero-order valence-electron chi connectivity index (χ0n) is 12.4. The van der Waals surface area contributed by atoms with Crippen LogP contribution in [0.15, 0.2) is 6.33 Å². The van der Waals surface area contributed by atoms with E-state index in [4.69, 9.17) is 4.74 Å². The van der Waals surface area contributed by atoms with E-state index in [1.807, 2.05) is 6.92 Å². The number of nitrogens with zero attached hydrogens (tertiary/aromatic N) is 4. The predicted octanol–water partition coefficient (Wildman–Crippen LogP) is 1.68. The van der Waals surface area contributed by atoms with Crippen LogP contribution in [0.25, 0.3) is 0 Å². The van der Waals surface area contributed by atoms with Crippen LogP contribution in [0.4, 0.5) is 17.3 Å². The van der Waals surface area contributed by atoms with Gasteiger partial charge in [0.2, 0.25) is 11.6 Å². The van der Waals surface area contributed by atoms with E-state index in [1.54, 1.807) is 11.9 Å². The molecule has 0 bridgehead atoms. The van der Waals surface area contributed by atoms with E-state index in [1.165, 1.54) is 19.2 Å². The predicted molar refractivity (Wildman–Crippen MR) is 79.7 cm³/mol. The molecule has 0 atom stereocenters. The molecule has 21 heavy (non-hydrogen) atoms. The highest BCUT2D eigenvalue weighted by atomic mass is 16.6. The molecule has 0 aromatic carbocycles. The van der Waals surface area contributed by atoms with Gasteiger partial charge in [0, 0.05) is 26.7 Å². The monoisotopic (exact) mass is 295 g/mol. The maximum Gasteiger partial charge on any atom is 0.353 e. The maximum absolute atomic E-state index is 11.3. The summed E-state index contributed by atoms with van der Waals surface area (Å²) in [6, 6.07) is 0. The molecule has 1 aromatic heterocycles. The molecular weight excluding hydrogens is 274 g/mol. The van der Waals surface area contributed by atoms with Crippen molar-refractivity contribution in [1.29, 1.82) is 0 Å². The molecule has 0 saturated heterocycles. The smallest absolute Gasteiger partial charge is 0.353 e. The van der Waals surface area contributed by atoms with Crippen molar-refractivity contribution >= 4 is 17.3 Å². The third-order valence-corrected chi connectivity index (χ3v) is 3.31. The molecule has 8 nitrogen and oxygen atoms in total. The van der Waals surface area contributed by atoms with E-state index >= 15 is 0 Å². The number of rotatable bonds is 9.